The first kappa shape index (κ1) is 10.1. The summed E-state index contributed by atoms with van der Waals surface area (Å²) in [5.41, 5.74) is 1.88. The average molecular weight is 236 g/mol. The molecule has 1 aliphatic rings. The summed E-state index contributed by atoms with van der Waals surface area (Å²) in [6, 6.07) is 5.77. The van der Waals surface area contributed by atoms with Crippen molar-refractivity contribution in [2.45, 2.75) is 32.2 Å². The predicted octanol–water partition coefficient (Wildman–Crippen LogP) is 3.27. The lowest BCUT2D eigenvalue weighted by Crippen LogP contribution is -2.08. The third kappa shape index (κ3) is 1.69. The van der Waals surface area contributed by atoms with Gasteiger partial charge >= 0.3 is 0 Å². The van der Waals surface area contributed by atoms with Gasteiger partial charge in [-0.3, -0.25) is 0 Å². The van der Waals surface area contributed by atoms with E-state index >= 15 is 0 Å². The Bertz CT molecular complexity index is 500. The highest BCUT2D eigenvalue weighted by Crippen LogP contribution is 2.28. The first-order valence-corrected chi connectivity index (χ1v) is 6.20. The minimum absolute atomic E-state index is 0.750. The molecule has 0 N–H and O–H groups in total. The van der Waals surface area contributed by atoms with E-state index in [1.54, 1.807) is 0 Å². The van der Waals surface area contributed by atoms with Gasteiger partial charge in [-0.1, -0.05) is 35.7 Å². The number of aromatic nitrogens is 3. The molecule has 16 heavy (non-hydrogen) atoms. The van der Waals surface area contributed by atoms with Crippen LogP contribution in [-0.2, 0) is 6.54 Å². The smallest absolute Gasteiger partial charge is 0.114 e. The van der Waals surface area contributed by atoms with Gasteiger partial charge in [-0.25, -0.2) is 4.68 Å². The summed E-state index contributed by atoms with van der Waals surface area (Å²) in [4.78, 5) is 0. The normalized spacial score (nSPS) is 17.3. The largest absolute Gasteiger partial charge is 0.243 e. The predicted molar refractivity (Wildman–Crippen MR) is 64.5 cm³/mol. The first-order chi connectivity index (χ1) is 7.84. The van der Waals surface area contributed by atoms with Gasteiger partial charge in [-0.2, -0.15) is 0 Å². The van der Waals surface area contributed by atoms with Gasteiger partial charge in [-0.05, 0) is 30.9 Å². The fraction of sp³-hybridized carbons (Fsp3) is 0.500. The van der Waals surface area contributed by atoms with Crippen LogP contribution in [0.15, 0.2) is 18.2 Å². The van der Waals surface area contributed by atoms with Crippen molar-refractivity contribution in [1.82, 2.24) is 15.0 Å². The molecule has 1 saturated carbocycles. The Morgan fingerprint density at radius 1 is 1.31 bits per heavy atom. The van der Waals surface area contributed by atoms with Crippen molar-refractivity contribution in [3.63, 3.8) is 0 Å². The first-order valence-electron chi connectivity index (χ1n) is 5.82. The molecule has 1 fully saturated rings. The number of nitrogens with zero attached hydrogens (tertiary/aromatic N) is 3. The molecule has 0 saturated heterocycles. The third-order valence-corrected chi connectivity index (χ3v) is 3.69. The number of fused-ring (bicyclic) bond motifs is 1. The molecule has 0 amide bonds. The van der Waals surface area contributed by atoms with Crippen LogP contribution in [0.1, 0.15) is 25.7 Å². The maximum absolute atomic E-state index is 6.19. The van der Waals surface area contributed by atoms with E-state index in [1.165, 1.54) is 25.7 Å². The summed E-state index contributed by atoms with van der Waals surface area (Å²) in [5, 5.41) is 9.10. The van der Waals surface area contributed by atoms with E-state index in [2.05, 4.69) is 10.3 Å². The number of benzene rings is 1. The molecule has 0 unspecified atom stereocenters. The standard InChI is InChI=1S/C12H14ClN3/c13-10-6-3-7-11-12(10)16(15-14-11)8-9-4-1-2-5-9/h3,6-7,9H,1-2,4-5,8H2. The molecule has 84 valence electrons. The topological polar surface area (TPSA) is 30.7 Å². The SMILES string of the molecule is Clc1cccc2nnn(CC3CCCC3)c12. The zero-order valence-corrected chi connectivity index (χ0v) is 9.82. The molecule has 0 spiro atoms. The molecule has 0 bridgehead atoms. The molecule has 2 aromatic rings. The molecular weight excluding hydrogens is 222 g/mol. The third-order valence-electron chi connectivity index (χ3n) is 3.39. The van der Waals surface area contributed by atoms with Crippen LogP contribution >= 0.6 is 11.6 Å². The Morgan fingerprint density at radius 2 is 2.12 bits per heavy atom. The summed E-state index contributed by atoms with van der Waals surface area (Å²) in [7, 11) is 0. The van der Waals surface area contributed by atoms with Gasteiger partial charge < -0.3 is 0 Å². The van der Waals surface area contributed by atoms with Gasteiger partial charge in [0.1, 0.15) is 11.0 Å². The number of hydrogen-bond acceptors (Lipinski definition) is 2. The molecule has 3 rings (SSSR count). The van der Waals surface area contributed by atoms with Crippen molar-refractivity contribution in [3.05, 3.63) is 23.2 Å². The van der Waals surface area contributed by atoms with Gasteiger partial charge in [0.05, 0.1) is 5.02 Å². The second-order valence-electron chi connectivity index (χ2n) is 4.53. The van der Waals surface area contributed by atoms with E-state index in [0.717, 1.165) is 28.5 Å². The van der Waals surface area contributed by atoms with Gasteiger partial charge in [-0.15, -0.1) is 5.10 Å². The number of para-hydroxylation sites is 1. The zero-order valence-electron chi connectivity index (χ0n) is 9.06. The van der Waals surface area contributed by atoms with Crippen LogP contribution in [0.5, 0.6) is 0 Å². The minimum atomic E-state index is 0.750. The highest BCUT2D eigenvalue weighted by molar-refractivity contribution is 6.34. The minimum Gasteiger partial charge on any atom is -0.243 e. The van der Waals surface area contributed by atoms with Crippen LogP contribution < -0.4 is 0 Å². The van der Waals surface area contributed by atoms with E-state index in [1.807, 2.05) is 22.9 Å². The maximum Gasteiger partial charge on any atom is 0.114 e. The van der Waals surface area contributed by atoms with Gasteiger partial charge in [0.15, 0.2) is 0 Å². The highest BCUT2D eigenvalue weighted by Gasteiger charge is 2.18. The second-order valence-corrected chi connectivity index (χ2v) is 4.94. The molecule has 0 aliphatic heterocycles. The van der Waals surface area contributed by atoms with Crippen molar-refractivity contribution in [2.24, 2.45) is 5.92 Å². The molecule has 1 aromatic heterocycles. The van der Waals surface area contributed by atoms with Gasteiger partial charge in [0.25, 0.3) is 0 Å². The Hall–Kier alpha value is -1.09. The Labute approximate surface area is 99.4 Å². The molecule has 0 radical (unpaired) electrons. The van der Waals surface area contributed by atoms with Crippen molar-refractivity contribution >= 4 is 22.6 Å². The van der Waals surface area contributed by atoms with E-state index in [9.17, 15) is 0 Å². The monoisotopic (exact) mass is 235 g/mol. The highest BCUT2D eigenvalue weighted by atomic mass is 35.5. The van der Waals surface area contributed by atoms with Crippen LogP contribution in [0, 0.1) is 5.92 Å². The lowest BCUT2D eigenvalue weighted by Gasteiger charge is -2.09. The number of halogens is 1. The number of hydrogen-bond donors (Lipinski definition) is 0. The van der Waals surface area contributed by atoms with E-state index in [4.69, 9.17) is 11.6 Å². The van der Waals surface area contributed by atoms with Crippen LogP contribution in [0.2, 0.25) is 5.02 Å². The van der Waals surface area contributed by atoms with E-state index in [-0.39, 0.29) is 0 Å². The van der Waals surface area contributed by atoms with Crippen LogP contribution in [0.3, 0.4) is 0 Å². The molecular formula is C12H14ClN3. The lowest BCUT2D eigenvalue weighted by atomic mass is 10.1. The number of rotatable bonds is 2. The molecule has 0 atom stereocenters. The molecule has 4 heteroatoms. The van der Waals surface area contributed by atoms with Crippen molar-refractivity contribution in [1.29, 1.82) is 0 Å². The fourth-order valence-corrected chi connectivity index (χ4v) is 2.82. The summed E-state index contributed by atoms with van der Waals surface area (Å²) in [6.07, 6.45) is 5.33. The van der Waals surface area contributed by atoms with Crippen molar-refractivity contribution < 1.29 is 0 Å². The average Bonchev–Trinajstić information content (AvgIpc) is 2.90. The lowest BCUT2D eigenvalue weighted by molar-refractivity contribution is 0.430. The molecule has 1 aliphatic carbocycles. The molecule has 1 aromatic carbocycles. The second kappa shape index (κ2) is 4.06. The summed E-state index contributed by atoms with van der Waals surface area (Å²) in [5.74, 6) is 0.751. The maximum atomic E-state index is 6.19. The summed E-state index contributed by atoms with van der Waals surface area (Å²) in [6.45, 7) is 0.959. The van der Waals surface area contributed by atoms with Crippen molar-refractivity contribution in [2.75, 3.05) is 0 Å². The van der Waals surface area contributed by atoms with Crippen LogP contribution in [-0.4, -0.2) is 15.0 Å². The zero-order chi connectivity index (χ0) is 11.0. The Balaban J connectivity index is 1.97. The Morgan fingerprint density at radius 3 is 2.94 bits per heavy atom. The van der Waals surface area contributed by atoms with Gasteiger partial charge in [0, 0.05) is 6.54 Å². The quantitative estimate of drug-likeness (QED) is 0.800. The summed E-state index contributed by atoms with van der Waals surface area (Å²) >= 11 is 6.19. The molecule has 1 heterocycles. The van der Waals surface area contributed by atoms with E-state index in [0.29, 0.717) is 0 Å². The van der Waals surface area contributed by atoms with Crippen LogP contribution in [0.4, 0.5) is 0 Å². The van der Waals surface area contributed by atoms with Gasteiger partial charge in [0.2, 0.25) is 0 Å². The molecule has 3 nitrogen and oxygen atoms in total. The van der Waals surface area contributed by atoms with Crippen molar-refractivity contribution in [3.8, 4) is 0 Å². The van der Waals surface area contributed by atoms with E-state index < -0.39 is 0 Å². The fourth-order valence-electron chi connectivity index (χ4n) is 2.55. The van der Waals surface area contributed by atoms with Crippen LogP contribution in [0.25, 0.3) is 11.0 Å². The Kier molecular flexibility index (Phi) is 2.56. The summed E-state index contributed by atoms with van der Waals surface area (Å²) < 4.78 is 1.97.